The number of nitrogens with zero attached hydrogens (tertiary/aromatic N) is 1. The van der Waals surface area contributed by atoms with E-state index in [1.807, 2.05) is 11.5 Å². The van der Waals surface area contributed by atoms with E-state index in [0.717, 1.165) is 5.01 Å². The molecule has 1 aliphatic rings. The molecule has 154 valence electrons. The number of carbonyl (C=O) groups is 3. The third-order valence-corrected chi connectivity index (χ3v) is 4.46. The van der Waals surface area contributed by atoms with Gasteiger partial charge in [-0.3, -0.25) is 4.79 Å². The van der Waals surface area contributed by atoms with Crippen molar-refractivity contribution in [2.45, 2.75) is 65.2 Å². The highest BCUT2D eigenvalue weighted by Crippen LogP contribution is 2.28. The Hall–Kier alpha value is -2.35. The Kier molecular flexibility index (Phi) is 6.54. The van der Waals surface area contributed by atoms with Crippen LogP contribution in [0.5, 0.6) is 0 Å². The summed E-state index contributed by atoms with van der Waals surface area (Å²) in [7, 11) is 0. The standard InChI is InChI=1S/C20H28N2O5S/c1-19(2,3)26-17(24)21-22(18(25)27-20(4,5)6)15-9-7-8-14(15)16(23)13-10-11-28-12-13/h7-8,10-12,14-15H,9H2,1-6H3,(H,21,24)/t14-,15-/m1/s1. The summed E-state index contributed by atoms with van der Waals surface area (Å²) in [4.78, 5) is 38.0. The number of Topliss-reactive ketones (excluding diaryl/α,β-unsaturated/α-hetero) is 1. The molecule has 2 atom stereocenters. The molecule has 1 N–H and O–H groups in total. The number of thiophene rings is 1. The normalized spacial score (nSPS) is 19.2. The van der Waals surface area contributed by atoms with Crippen LogP contribution < -0.4 is 5.43 Å². The summed E-state index contributed by atoms with van der Waals surface area (Å²) < 4.78 is 10.7. The van der Waals surface area contributed by atoms with Crippen molar-refractivity contribution in [2.24, 2.45) is 5.92 Å². The van der Waals surface area contributed by atoms with Gasteiger partial charge in [-0.15, -0.1) is 0 Å². The summed E-state index contributed by atoms with van der Waals surface area (Å²) in [6, 6.07) is 1.14. The van der Waals surface area contributed by atoms with Crippen LogP contribution in [-0.4, -0.2) is 40.2 Å². The summed E-state index contributed by atoms with van der Waals surface area (Å²) >= 11 is 1.43. The maximum absolute atomic E-state index is 12.9. The summed E-state index contributed by atoms with van der Waals surface area (Å²) in [5.74, 6) is -0.698. The lowest BCUT2D eigenvalue weighted by molar-refractivity contribution is -0.0120. The molecule has 0 bridgehead atoms. The molecular weight excluding hydrogens is 380 g/mol. The van der Waals surface area contributed by atoms with E-state index in [0.29, 0.717) is 12.0 Å². The van der Waals surface area contributed by atoms with Crippen molar-refractivity contribution in [2.75, 3.05) is 0 Å². The first-order valence-electron chi connectivity index (χ1n) is 9.12. The van der Waals surface area contributed by atoms with Gasteiger partial charge >= 0.3 is 12.2 Å². The molecule has 0 aromatic carbocycles. The zero-order valence-corrected chi connectivity index (χ0v) is 18.0. The van der Waals surface area contributed by atoms with Crippen LogP contribution in [0.4, 0.5) is 9.59 Å². The monoisotopic (exact) mass is 408 g/mol. The number of ether oxygens (including phenoxy) is 2. The SMILES string of the molecule is CC(C)(C)OC(=O)NN(C(=O)OC(C)(C)C)[C@@H]1CC=C[C@H]1C(=O)c1ccsc1. The van der Waals surface area contributed by atoms with Crippen molar-refractivity contribution in [3.8, 4) is 0 Å². The van der Waals surface area contributed by atoms with Crippen LogP contribution in [0.15, 0.2) is 29.0 Å². The number of nitrogens with one attached hydrogen (secondary N) is 1. The Morgan fingerprint density at radius 3 is 2.29 bits per heavy atom. The highest BCUT2D eigenvalue weighted by Gasteiger charge is 2.40. The highest BCUT2D eigenvalue weighted by molar-refractivity contribution is 7.08. The predicted molar refractivity (Wildman–Crippen MR) is 107 cm³/mol. The minimum atomic E-state index is -0.785. The van der Waals surface area contributed by atoms with Gasteiger partial charge in [0.25, 0.3) is 0 Å². The Bertz CT molecular complexity index is 744. The lowest BCUT2D eigenvalue weighted by atomic mass is 9.94. The number of carbonyl (C=O) groups excluding carboxylic acids is 3. The molecule has 1 heterocycles. The van der Waals surface area contributed by atoms with Crippen molar-refractivity contribution in [3.63, 3.8) is 0 Å². The van der Waals surface area contributed by atoms with Gasteiger partial charge in [0.2, 0.25) is 0 Å². The number of amides is 2. The second-order valence-electron chi connectivity index (χ2n) is 8.60. The third-order valence-electron chi connectivity index (χ3n) is 3.78. The topological polar surface area (TPSA) is 84.9 Å². The summed E-state index contributed by atoms with van der Waals surface area (Å²) in [5.41, 5.74) is 1.56. The van der Waals surface area contributed by atoms with Crippen molar-refractivity contribution in [3.05, 3.63) is 34.5 Å². The maximum atomic E-state index is 12.9. The minimum Gasteiger partial charge on any atom is -0.443 e. The fraction of sp³-hybridized carbons (Fsp3) is 0.550. The molecule has 0 radical (unpaired) electrons. The molecule has 0 aliphatic heterocycles. The zero-order chi connectivity index (χ0) is 21.1. The molecular formula is C20H28N2O5S. The lowest BCUT2D eigenvalue weighted by Crippen LogP contribution is -2.56. The lowest BCUT2D eigenvalue weighted by Gasteiger charge is -2.34. The molecule has 1 aromatic rings. The molecule has 7 nitrogen and oxygen atoms in total. The van der Waals surface area contributed by atoms with Crippen LogP contribution in [0.2, 0.25) is 0 Å². The first-order valence-corrected chi connectivity index (χ1v) is 10.1. The molecule has 8 heteroatoms. The molecule has 0 spiro atoms. The van der Waals surface area contributed by atoms with Crippen molar-refractivity contribution >= 4 is 29.3 Å². The average molecular weight is 409 g/mol. The van der Waals surface area contributed by atoms with E-state index in [4.69, 9.17) is 9.47 Å². The summed E-state index contributed by atoms with van der Waals surface area (Å²) in [5, 5.41) is 4.67. The quantitative estimate of drug-likeness (QED) is 0.450. The van der Waals surface area contributed by atoms with Crippen LogP contribution in [0, 0.1) is 5.92 Å². The van der Waals surface area contributed by atoms with E-state index in [1.165, 1.54) is 11.3 Å². The van der Waals surface area contributed by atoms with Gasteiger partial charge in [-0.2, -0.15) is 11.3 Å². The van der Waals surface area contributed by atoms with E-state index in [9.17, 15) is 14.4 Å². The van der Waals surface area contributed by atoms with E-state index >= 15 is 0 Å². The van der Waals surface area contributed by atoms with Crippen LogP contribution in [-0.2, 0) is 9.47 Å². The Morgan fingerprint density at radius 1 is 1.11 bits per heavy atom. The molecule has 0 fully saturated rings. The fourth-order valence-corrected chi connectivity index (χ4v) is 3.38. The zero-order valence-electron chi connectivity index (χ0n) is 17.1. The summed E-state index contributed by atoms with van der Waals surface area (Å²) in [6.07, 6.45) is 2.48. The van der Waals surface area contributed by atoms with E-state index in [-0.39, 0.29) is 5.78 Å². The van der Waals surface area contributed by atoms with Crippen molar-refractivity contribution in [1.82, 2.24) is 10.4 Å². The Labute approximate surface area is 169 Å². The number of hydrazine groups is 1. The van der Waals surface area contributed by atoms with Crippen LogP contribution in [0.3, 0.4) is 0 Å². The first kappa shape index (κ1) is 21.9. The maximum Gasteiger partial charge on any atom is 0.429 e. The molecule has 28 heavy (non-hydrogen) atoms. The average Bonchev–Trinajstić information content (AvgIpc) is 3.19. The second kappa shape index (κ2) is 8.34. The Balaban J connectivity index is 2.25. The predicted octanol–water partition coefficient (Wildman–Crippen LogP) is 4.55. The molecule has 2 rings (SSSR count). The number of hydrogen-bond donors (Lipinski definition) is 1. The molecule has 0 saturated heterocycles. The third kappa shape index (κ3) is 6.09. The molecule has 2 amide bonds. The van der Waals surface area contributed by atoms with Gasteiger partial charge < -0.3 is 9.47 Å². The Morgan fingerprint density at radius 2 is 1.75 bits per heavy atom. The first-order chi connectivity index (χ1) is 12.9. The van der Waals surface area contributed by atoms with Gasteiger partial charge in [-0.1, -0.05) is 12.2 Å². The van der Waals surface area contributed by atoms with Crippen LogP contribution >= 0.6 is 11.3 Å². The highest BCUT2D eigenvalue weighted by atomic mass is 32.1. The molecule has 1 aromatic heterocycles. The minimum absolute atomic E-state index is 0.112. The number of ketones is 1. The van der Waals surface area contributed by atoms with Gasteiger partial charge in [0.05, 0.1) is 12.0 Å². The van der Waals surface area contributed by atoms with Crippen molar-refractivity contribution < 1.29 is 23.9 Å². The fourth-order valence-electron chi connectivity index (χ4n) is 2.74. The van der Waals surface area contributed by atoms with Gasteiger partial charge in [0.15, 0.2) is 5.78 Å². The van der Waals surface area contributed by atoms with Crippen LogP contribution in [0.1, 0.15) is 58.3 Å². The number of hydrogen-bond acceptors (Lipinski definition) is 6. The largest absolute Gasteiger partial charge is 0.443 e. The smallest absolute Gasteiger partial charge is 0.429 e. The van der Waals surface area contributed by atoms with Crippen molar-refractivity contribution in [1.29, 1.82) is 0 Å². The molecule has 0 unspecified atom stereocenters. The van der Waals surface area contributed by atoms with Gasteiger partial charge in [0.1, 0.15) is 11.2 Å². The number of rotatable bonds is 3. The van der Waals surface area contributed by atoms with E-state index in [2.05, 4.69) is 5.43 Å². The van der Waals surface area contributed by atoms with E-state index < -0.39 is 35.3 Å². The molecule has 0 saturated carbocycles. The van der Waals surface area contributed by atoms with Gasteiger partial charge in [0, 0.05) is 10.9 Å². The molecule has 1 aliphatic carbocycles. The summed E-state index contributed by atoms with van der Waals surface area (Å²) in [6.45, 7) is 10.4. The van der Waals surface area contributed by atoms with Crippen LogP contribution in [0.25, 0.3) is 0 Å². The van der Waals surface area contributed by atoms with E-state index in [1.54, 1.807) is 59.1 Å². The van der Waals surface area contributed by atoms with Gasteiger partial charge in [-0.05, 0) is 59.4 Å². The van der Waals surface area contributed by atoms with Gasteiger partial charge in [-0.25, -0.2) is 20.0 Å². The second-order valence-corrected chi connectivity index (χ2v) is 9.38.